The second-order valence-electron chi connectivity index (χ2n) is 9.72. The Labute approximate surface area is 153 Å². The third-order valence-corrected chi connectivity index (χ3v) is 5.57. The van der Waals surface area contributed by atoms with E-state index in [0.29, 0.717) is 11.5 Å². The van der Waals surface area contributed by atoms with E-state index in [1.54, 1.807) is 6.07 Å². The van der Waals surface area contributed by atoms with Gasteiger partial charge >= 0.3 is 7.12 Å². The van der Waals surface area contributed by atoms with E-state index in [-0.39, 0.29) is 17.2 Å². The van der Waals surface area contributed by atoms with Crippen LogP contribution in [0.2, 0.25) is 0 Å². The van der Waals surface area contributed by atoms with Gasteiger partial charge in [0.25, 0.3) is 0 Å². The molecule has 1 aromatic rings. The van der Waals surface area contributed by atoms with Crippen molar-refractivity contribution >= 4 is 12.6 Å². The van der Waals surface area contributed by atoms with Crippen LogP contribution >= 0.6 is 0 Å². The van der Waals surface area contributed by atoms with Gasteiger partial charge in [0, 0.05) is 0 Å². The molecule has 0 spiro atoms. The number of halogens is 1. The second kappa shape index (κ2) is 6.70. The number of hydrogen-bond donors (Lipinski definition) is 0. The first kappa shape index (κ1) is 20.4. The molecule has 0 amide bonds. The highest BCUT2D eigenvalue weighted by Gasteiger charge is 2.51. The van der Waals surface area contributed by atoms with Gasteiger partial charge in [-0.05, 0) is 75.4 Å². The van der Waals surface area contributed by atoms with Crippen LogP contribution in [0, 0.1) is 24.1 Å². The fourth-order valence-corrected chi connectivity index (χ4v) is 3.38. The summed E-state index contributed by atoms with van der Waals surface area (Å²) in [5, 5.41) is 0. The quantitative estimate of drug-likeness (QED) is 0.704. The molecule has 0 aliphatic carbocycles. The van der Waals surface area contributed by atoms with Crippen molar-refractivity contribution < 1.29 is 13.7 Å². The van der Waals surface area contributed by atoms with Gasteiger partial charge in [-0.15, -0.1) is 0 Å². The lowest BCUT2D eigenvalue weighted by Gasteiger charge is -2.32. The van der Waals surface area contributed by atoms with Crippen LogP contribution in [0.1, 0.15) is 73.3 Å². The Balaban J connectivity index is 2.19. The summed E-state index contributed by atoms with van der Waals surface area (Å²) in [5.74, 6) is -0.00302. The predicted molar refractivity (Wildman–Crippen MR) is 103 cm³/mol. The minimum atomic E-state index is -0.538. The summed E-state index contributed by atoms with van der Waals surface area (Å²) in [6, 6.07) is 5.29. The fourth-order valence-electron chi connectivity index (χ4n) is 3.38. The highest BCUT2D eigenvalue weighted by Crippen LogP contribution is 2.37. The number of hydrogen-bond acceptors (Lipinski definition) is 2. The van der Waals surface area contributed by atoms with Gasteiger partial charge in [-0.1, -0.05) is 39.8 Å². The standard InChI is InChI=1S/C21H33BFO2/c1-14(13-19(3,4)5)15(2)17-11-10-16(12-18(17)23)22-24-20(6,7)21(8,9)25-22/h10-12,14-15H,2,13H2,1,3-9H3. The van der Waals surface area contributed by atoms with E-state index < -0.39 is 18.3 Å². The van der Waals surface area contributed by atoms with E-state index in [9.17, 15) is 4.39 Å². The van der Waals surface area contributed by atoms with Gasteiger partial charge in [-0.25, -0.2) is 4.39 Å². The van der Waals surface area contributed by atoms with E-state index in [1.807, 2.05) is 39.8 Å². The lowest BCUT2D eigenvalue weighted by atomic mass is 9.75. The summed E-state index contributed by atoms with van der Waals surface area (Å²) in [6.07, 6.45) is 1.000. The maximum absolute atomic E-state index is 14.8. The summed E-state index contributed by atoms with van der Waals surface area (Å²) in [5.41, 5.74) is 0.729. The van der Waals surface area contributed by atoms with Gasteiger partial charge in [0.1, 0.15) is 5.82 Å². The average Bonchev–Trinajstić information content (AvgIpc) is 2.64. The molecule has 1 fully saturated rings. The van der Waals surface area contributed by atoms with E-state index in [1.165, 1.54) is 0 Å². The van der Waals surface area contributed by atoms with Gasteiger partial charge in [0.05, 0.1) is 11.2 Å². The molecule has 1 aliphatic rings. The smallest absolute Gasteiger partial charge is 0.399 e. The van der Waals surface area contributed by atoms with Crippen molar-refractivity contribution in [2.45, 2.75) is 78.9 Å². The summed E-state index contributed by atoms with van der Waals surface area (Å²) in [7, 11) is -0.538. The molecular formula is C21H33BFO2. The van der Waals surface area contributed by atoms with E-state index >= 15 is 0 Å². The first-order valence-corrected chi connectivity index (χ1v) is 9.21. The molecule has 4 heteroatoms. The molecule has 2 rings (SSSR count). The molecule has 139 valence electrons. The van der Waals surface area contributed by atoms with Crippen molar-refractivity contribution in [2.75, 3.05) is 0 Å². The van der Waals surface area contributed by atoms with Crippen molar-refractivity contribution in [3.05, 3.63) is 36.5 Å². The molecule has 1 saturated heterocycles. The van der Waals surface area contributed by atoms with Gasteiger partial charge in [0.2, 0.25) is 0 Å². The lowest BCUT2D eigenvalue weighted by molar-refractivity contribution is 0.00578. The minimum absolute atomic E-state index is 0.0772. The molecule has 2 nitrogen and oxygen atoms in total. The fraction of sp³-hybridized carbons (Fsp3) is 0.667. The van der Waals surface area contributed by atoms with Crippen molar-refractivity contribution in [2.24, 2.45) is 11.3 Å². The van der Waals surface area contributed by atoms with Crippen LogP contribution in [0.15, 0.2) is 18.2 Å². The van der Waals surface area contributed by atoms with Crippen molar-refractivity contribution in [1.82, 2.24) is 0 Å². The molecule has 0 bridgehead atoms. The maximum Gasteiger partial charge on any atom is 0.494 e. The largest absolute Gasteiger partial charge is 0.494 e. The first-order chi connectivity index (χ1) is 11.2. The van der Waals surface area contributed by atoms with Crippen LogP contribution in [0.25, 0.3) is 0 Å². The Morgan fingerprint density at radius 2 is 1.64 bits per heavy atom. The van der Waals surface area contributed by atoms with Crippen LogP contribution in [-0.4, -0.2) is 18.3 Å². The van der Waals surface area contributed by atoms with Gasteiger partial charge in [0.15, 0.2) is 0 Å². The van der Waals surface area contributed by atoms with Crippen molar-refractivity contribution in [3.8, 4) is 0 Å². The van der Waals surface area contributed by atoms with Crippen LogP contribution in [-0.2, 0) is 9.31 Å². The molecule has 25 heavy (non-hydrogen) atoms. The van der Waals surface area contributed by atoms with Crippen molar-refractivity contribution in [3.63, 3.8) is 0 Å². The van der Waals surface area contributed by atoms with Crippen LogP contribution < -0.4 is 5.46 Å². The molecule has 0 N–H and O–H groups in total. The zero-order valence-electron chi connectivity index (χ0n) is 17.1. The van der Waals surface area contributed by atoms with Gasteiger partial charge in [-0.2, -0.15) is 0 Å². The molecular weight excluding hydrogens is 314 g/mol. The molecule has 1 heterocycles. The average molecular weight is 347 g/mol. The third-order valence-electron chi connectivity index (χ3n) is 5.57. The third kappa shape index (κ3) is 4.46. The predicted octanol–water partition coefficient (Wildman–Crippen LogP) is 5.11. The Morgan fingerprint density at radius 3 is 2.08 bits per heavy atom. The summed E-state index contributed by atoms with van der Waals surface area (Å²) in [4.78, 5) is 0. The molecule has 2 unspecified atom stereocenters. The van der Waals surface area contributed by atoms with Gasteiger partial charge < -0.3 is 9.31 Å². The summed E-state index contributed by atoms with van der Waals surface area (Å²) >= 11 is 0. The molecule has 1 radical (unpaired) electrons. The van der Waals surface area contributed by atoms with E-state index in [0.717, 1.165) is 11.9 Å². The number of benzene rings is 1. The molecule has 1 aromatic carbocycles. The Hall–Kier alpha value is -0.865. The molecule has 2 atom stereocenters. The number of rotatable bonds is 4. The van der Waals surface area contributed by atoms with Crippen LogP contribution in [0.3, 0.4) is 0 Å². The highest BCUT2D eigenvalue weighted by atomic mass is 19.1. The Bertz CT molecular complexity index is 603. The Morgan fingerprint density at radius 1 is 1.12 bits per heavy atom. The lowest BCUT2D eigenvalue weighted by Crippen LogP contribution is -2.41. The monoisotopic (exact) mass is 347 g/mol. The SMILES string of the molecule is [CH2]C(c1ccc(B2OC(C)(C)C(C)(C)O2)cc1F)C(C)CC(C)(C)C. The topological polar surface area (TPSA) is 18.5 Å². The molecule has 1 aliphatic heterocycles. The highest BCUT2D eigenvalue weighted by molar-refractivity contribution is 6.62. The van der Waals surface area contributed by atoms with E-state index in [2.05, 4.69) is 34.6 Å². The minimum Gasteiger partial charge on any atom is -0.399 e. The van der Waals surface area contributed by atoms with Crippen LogP contribution in [0.5, 0.6) is 0 Å². The molecule has 0 saturated carbocycles. The summed E-state index contributed by atoms with van der Waals surface area (Å²) in [6.45, 7) is 21.0. The van der Waals surface area contributed by atoms with Crippen molar-refractivity contribution in [1.29, 1.82) is 0 Å². The zero-order valence-corrected chi connectivity index (χ0v) is 17.1. The van der Waals surface area contributed by atoms with Gasteiger partial charge in [-0.3, -0.25) is 0 Å². The maximum atomic E-state index is 14.8. The first-order valence-electron chi connectivity index (χ1n) is 9.21. The van der Waals surface area contributed by atoms with Crippen LogP contribution in [0.4, 0.5) is 4.39 Å². The summed E-state index contributed by atoms with van der Waals surface area (Å²) < 4.78 is 26.8. The normalized spacial score (nSPS) is 22.1. The Kier molecular flexibility index (Phi) is 5.48. The second-order valence-corrected chi connectivity index (χ2v) is 9.72. The van der Waals surface area contributed by atoms with E-state index in [4.69, 9.17) is 9.31 Å². The molecule has 0 aromatic heterocycles. The zero-order chi connectivity index (χ0) is 19.2.